The van der Waals surface area contributed by atoms with Gasteiger partial charge in [0.05, 0.1) is 11.0 Å². The van der Waals surface area contributed by atoms with Gasteiger partial charge in [0, 0.05) is 64.5 Å². The molecular weight excluding hydrogens is 629 g/mol. The molecule has 11 aromatic rings. The third-order valence-electron chi connectivity index (χ3n) is 10.1. The summed E-state index contributed by atoms with van der Waals surface area (Å²) in [4.78, 5) is 2.40. The molecule has 0 spiro atoms. The van der Waals surface area contributed by atoms with Gasteiger partial charge < -0.3 is 13.9 Å². The maximum Gasteiger partial charge on any atom is 0.136 e. The molecule has 8 aromatic carbocycles. The summed E-state index contributed by atoms with van der Waals surface area (Å²) in [5.74, 6) is 0. The number of nitrogens with zero attached hydrogens (tertiary/aromatic N) is 2. The zero-order valence-corrected chi connectivity index (χ0v) is 27.7. The van der Waals surface area contributed by atoms with Crippen LogP contribution in [0.3, 0.4) is 0 Å². The second-order valence-electron chi connectivity index (χ2n) is 13.0. The Balaban J connectivity index is 1.16. The van der Waals surface area contributed by atoms with Crippen LogP contribution in [-0.4, -0.2) is 4.57 Å². The quantitative estimate of drug-likeness (QED) is 0.188. The number of para-hydroxylation sites is 3. The van der Waals surface area contributed by atoms with E-state index in [0.717, 1.165) is 50.1 Å². The number of anilines is 3. The van der Waals surface area contributed by atoms with Crippen LogP contribution in [0.1, 0.15) is 0 Å². The topological polar surface area (TPSA) is 21.3 Å². The molecule has 0 aliphatic heterocycles. The number of hydrogen-bond acceptors (Lipinski definition) is 3. The first-order valence-corrected chi connectivity index (χ1v) is 17.7. The van der Waals surface area contributed by atoms with Crippen LogP contribution in [0.25, 0.3) is 80.4 Å². The summed E-state index contributed by atoms with van der Waals surface area (Å²) in [6.07, 6.45) is 0. The first-order chi connectivity index (χ1) is 24.8. The Morgan fingerprint density at radius 2 is 1.06 bits per heavy atom. The molecule has 0 saturated carbocycles. The lowest BCUT2D eigenvalue weighted by molar-refractivity contribution is 0.669. The van der Waals surface area contributed by atoms with E-state index >= 15 is 0 Å². The molecular formula is C46H28N2OS. The summed E-state index contributed by atoms with van der Waals surface area (Å²) >= 11 is 1.85. The van der Waals surface area contributed by atoms with Gasteiger partial charge in [0.1, 0.15) is 11.2 Å². The van der Waals surface area contributed by atoms with E-state index in [1.807, 2.05) is 23.5 Å². The van der Waals surface area contributed by atoms with E-state index in [0.29, 0.717) is 0 Å². The van der Waals surface area contributed by atoms with Gasteiger partial charge in [-0.05, 0) is 102 Å². The van der Waals surface area contributed by atoms with Gasteiger partial charge in [0.25, 0.3) is 0 Å². The molecule has 0 bridgehead atoms. The zero-order chi connectivity index (χ0) is 32.8. The zero-order valence-electron chi connectivity index (χ0n) is 26.9. The Morgan fingerprint density at radius 3 is 1.96 bits per heavy atom. The van der Waals surface area contributed by atoms with E-state index in [9.17, 15) is 0 Å². The predicted molar refractivity (Wildman–Crippen MR) is 213 cm³/mol. The van der Waals surface area contributed by atoms with Gasteiger partial charge in [-0.3, -0.25) is 0 Å². The van der Waals surface area contributed by atoms with Gasteiger partial charge in [0.15, 0.2) is 0 Å². The van der Waals surface area contributed by atoms with E-state index in [4.69, 9.17) is 4.42 Å². The Bertz CT molecular complexity index is 3110. The molecule has 0 atom stereocenters. The van der Waals surface area contributed by atoms with Gasteiger partial charge in [-0.1, -0.05) is 78.9 Å². The average Bonchev–Trinajstić information content (AvgIpc) is 3.83. The summed E-state index contributed by atoms with van der Waals surface area (Å²) in [6, 6.07) is 61.4. The number of thiophene rings is 1. The van der Waals surface area contributed by atoms with Crippen LogP contribution < -0.4 is 4.90 Å². The maximum atomic E-state index is 6.32. The van der Waals surface area contributed by atoms with Crippen molar-refractivity contribution in [1.82, 2.24) is 4.57 Å². The summed E-state index contributed by atoms with van der Waals surface area (Å²) in [5, 5.41) is 9.65. The summed E-state index contributed by atoms with van der Waals surface area (Å²) in [6.45, 7) is 0. The highest BCUT2D eigenvalue weighted by atomic mass is 32.1. The van der Waals surface area contributed by atoms with Crippen molar-refractivity contribution in [2.75, 3.05) is 4.90 Å². The number of rotatable bonds is 4. The lowest BCUT2D eigenvalue weighted by atomic mass is 10.0. The number of furan rings is 1. The Kier molecular flexibility index (Phi) is 5.83. The summed E-state index contributed by atoms with van der Waals surface area (Å²) < 4.78 is 11.3. The molecule has 0 fully saturated rings. The lowest BCUT2D eigenvalue weighted by Crippen LogP contribution is -2.10. The minimum atomic E-state index is 0.906. The van der Waals surface area contributed by atoms with Crippen molar-refractivity contribution in [3.63, 3.8) is 0 Å². The van der Waals surface area contributed by atoms with Gasteiger partial charge in [-0.2, -0.15) is 0 Å². The van der Waals surface area contributed by atoms with Crippen LogP contribution in [0.15, 0.2) is 174 Å². The van der Waals surface area contributed by atoms with Crippen molar-refractivity contribution >= 4 is 103 Å². The number of benzene rings is 8. The second-order valence-corrected chi connectivity index (χ2v) is 14.1. The summed E-state index contributed by atoms with van der Waals surface area (Å²) in [5.41, 5.74) is 8.69. The minimum absolute atomic E-state index is 0.906. The van der Waals surface area contributed by atoms with Gasteiger partial charge in [-0.25, -0.2) is 0 Å². The third kappa shape index (κ3) is 4.09. The highest BCUT2D eigenvalue weighted by Gasteiger charge is 2.19. The van der Waals surface area contributed by atoms with Crippen molar-refractivity contribution in [3.05, 3.63) is 170 Å². The smallest absolute Gasteiger partial charge is 0.136 e. The first kappa shape index (κ1) is 27.6. The highest BCUT2D eigenvalue weighted by Crippen LogP contribution is 2.44. The summed E-state index contributed by atoms with van der Waals surface area (Å²) in [7, 11) is 0. The fraction of sp³-hybridized carbons (Fsp3) is 0. The lowest BCUT2D eigenvalue weighted by Gasteiger charge is -2.26. The molecule has 50 heavy (non-hydrogen) atoms. The van der Waals surface area contributed by atoms with Crippen LogP contribution in [0.5, 0.6) is 0 Å². The standard InChI is InChI=1S/C46H28N2OS/c1-2-10-31(11-3-1)48-41-15-7-4-12-35(41)38-27-33(20-22-42(38)48)47(34-21-23-46-40(28-34)37-14-6-9-17-45(37)50-46)32-19-18-29-25-39-36-13-5-8-16-43(36)49-44(39)26-30(29)24-32/h1-28H. The van der Waals surface area contributed by atoms with Crippen molar-refractivity contribution in [2.45, 2.75) is 0 Å². The highest BCUT2D eigenvalue weighted by molar-refractivity contribution is 7.25. The van der Waals surface area contributed by atoms with Crippen LogP contribution in [0, 0.1) is 0 Å². The molecule has 3 heterocycles. The molecule has 3 nitrogen and oxygen atoms in total. The molecule has 0 amide bonds. The monoisotopic (exact) mass is 656 g/mol. The van der Waals surface area contributed by atoms with Gasteiger partial charge in [0.2, 0.25) is 0 Å². The Labute approximate surface area is 291 Å². The van der Waals surface area contributed by atoms with E-state index in [-0.39, 0.29) is 0 Å². The number of aromatic nitrogens is 1. The number of hydrogen-bond donors (Lipinski definition) is 0. The molecule has 0 unspecified atom stereocenters. The SMILES string of the molecule is c1ccc(-n2c3ccccc3c3cc(N(c4ccc5cc6c(cc5c4)oc4ccccc46)c4ccc5sc6ccccc6c5c4)ccc32)cc1. The molecule has 234 valence electrons. The Morgan fingerprint density at radius 1 is 0.400 bits per heavy atom. The molecule has 11 rings (SSSR count). The van der Waals surface area contributed by atoms with E-state index in [1.165, 1.54) is 47.4 Å². The Hall–Kier alpha value is -6.36. The number of fused-ring (bicyclic) bond motifs is 10. The molecule has 0 aliphatic carbocycles. The van der Waals surface area contributed by atoms with Gasteiger partial charge >= 0.3 is 0 Å². The predicted octanol–water partition coefficient (Wildman–Crippen LogP) is 13.7. The molecule has 0 radical (unpaired) electrons. The van der Waals surface area contributed by atoms with Crippen molar-refractivity contribution in [2.24, 2.45) is 0 Å². The van der Waals surface area contributed by atoms with Crippen LogP contribution in [0.2, 0.25) is 0 Å². The van der Waals surface area contributed by atoms with Crippen LogP contribution >= 0.6 is 11.3 Å². The van der Waals surface area contributed by atoms with Crippen LogP contribution in [-0.2, 0) is 0 Å². The van der Waals surface area contributed by atoms with Crippen molar-refractivity contribution in [3.8, 4) is 5.69 Å². The molecule has 0 N–H and O–H groups in total. The largest absolute Gasteiger partial charge is 0.456 e. The van der Waals surface area contributed by atoms with Crippen molar-refractivity contribution < 1.29 is 4.42 Å². The minimum Gasteiger partial charge on any atom is -0.456 e. The second kappa shape index (κ2) is 10.6. The van der Waals surface area contributed by atoms with E-state index in [1.54, 1.807) is 0 Å². The van der Waals surface area contributed by atoms with Gasteiger partial charge in [-0.15, -0.1) is 11.3 Å². The normalized spacial score (nSPS) is 12.0. The fourth-order valence-electron chi connectivity index (χ4n) is 7.85. The molecule has 4 heteroatoms. The van der Waals surface area contributed by atoms with Crippen LogP contribution in [0.4, 0.5) is 17.1 Å². The fourth-order valence-corrected chi connectivity index (χ4v) is 8.94. The first-order valence-electron chi connectivity index (χ1n) is 16.9. The molecule has 0 saturated heterocycles. The molecule has 3 aromatic heterocycles. The van der Waals surface area contributed by atoms with Crippen molar-refractivity contribution in [1.29, 1.82) is 0 Å². The molecule has 0 aliphatic rings. The average molecular weight is 657 g/mol. The third-order valence-corrected chi connectivity index (χ3v) is 11.3. The van der Waals surface area contributed by atoms with E-state index in [2.05, 4.69) is 167 Å². The van der Waals surface area contributed by atoms with E-state index < -0.39 is 0 Å². The maximum absolute atomic E-state index is 6.32.